The van der Waals surface area contributed by atoms with Crippen LogP contribution in [0, 0.1) is 0 Å². The SMILES string of the molecule is CC1CN=Cc2cc3cc(c2)C=NC(C)CN=Cc2cc4cc(c2)C=NC(C)CN=Cc2cc(cc(c2)C=NC(C)CN=Cc2cc(cc(c2)C=N1)C=NCC(C)N=C4)C=NC(C)CN=C3. The van der Waals surface area contributed by atoms with Gasteiger partial charge in [0.25, 0.3) is 0 Å². The van der Waals surface area contributed by atoms with Crippen molar-refractivity contribution in [2.75, 3.05) is 39.3 Å². The lowest BCUT2D eigenvalue weighted by Crippen LogP contribution is -2.06. The molecule has 12 heteroatoms. The molecule has 4 aromatic carbocycles. The van der Waals surface area contributed by atoms with Crippen molar-refractivity contribution in [2.24, 2.45) is 59.9 Å². The van der Waals surface area contributed by atoms with Crippen LogP contribution < -0.4 is 0 Å². The molecule has 6 atom stereocenters. The highest BCUT2D eigenvalue weighted by Crippen LogP contribution is 2.13. The molecule has 8 rings (SSSR count). The highest BCUT2D eigenvalue weighted by atomic mass is 14.9. The number of hydrogen-bond donors (Lipinski definition) is 0. The topological polar surface area (TPSA) is 148 Å². The third kappa shape index (κ3) is 15.6. The van der Waals surface area contributed by atoms with E-state index in [0.717, 1.165) is 66.8 Å². The zero-order chi connectivity index (χ0) is 46.1. The lowest BCUT2D eigenvalue weighted by molar-refractivity contribution is 0.761. The molecule has 0 saturated carbocycles. The highest BCUT2D eigenvalue weighted by molar-refractivity contribution is 5.95. The van der Waals surface area contributed by atoms with Crippen LogP contribution in [-0.2, 0) is 0 Å². The van der Waals surface area contributed by atoms with Crippen molar-refractivity contribution in [3.05, 3.63) is 140 Å². The van der Waals surface area contributed by atoms with Gasteiger partial charge in [-0.25, -0.2) is 0 Å². The number of rotatable bonds is 0. The standard InChI is InChI=1S/C54H60N12/c1-37-19-55-25-43-7-44-12-50(9-43)32-62-38(2)23-59-29-47-13-51-18-54(14-47)36-66-42(6)24-60-30-48-15-52(34-64-40(4)20-56-26-44)17-53(16-48)35-65-41(5)22-58-28-46-8-45(10-49(11-46)31-61-37)27-57-21-39(3)63-33-51/h7-18,25-42H,19-24H2,1-6H3. The Balaban J connectivity index is 1.39. The van der Waals surface area contributed by atoms with Crippen LogP contribution in [0.25, 0.3) is 0 Å². The van der Waals surface area contributed by atoms with E-state index in [1.807, 2.05) is 74.6 Å². The summed E-state index contributed by atoms with van der Waals surface area (Å²) in [5.41, 5.74) is 11.4. The molecule has 6 unspecified atom stereocenters. The summed E-state index contributed by atoms with van der Waals surface area (Å²) >= 11 is 0. The van der Waals surface area contributed by atoms with Gasteiger partial charge in [0, 0.05) is 74.6 Å². The van der Waals surface area contributed by atoms with Gasteiger partial charge in [-0.15, -0.1) is 0 Å². The maximum Gasteiger partial charge on any atom is 0.0666 e. The molecule has 4 aromatic rings. The number of nitrogens with zero attached hydrogens (tertiary/aromatic N) is 12. The Bertz CT molecular complexity index is 2570. The molecule has 66 heavy (non-hydrogen) atoms. The molecule has 0 N–H and O–H groups in total. The van der Waals surface area contributed by atoms with E-state index in [0.29, 0.717) is 39.3 Å². The fraction of sp³-hybridized carbons (Fsp3) is 0.333. The summed E-state index contributed by atoms with van der Waals surface area (Å²) in [6, 6.07) is 24.7. The quantitative estimate of drug-likeness (QED) is 0.168. The average molecular weight is 877 g/mol. The minimum absolute atomic E-state index is 0.0597. The van der Waals surface area contributed by atoms with Gasteiger partial charge in [-0.2, -0.15) is 0 Å². The van der Waals surface area contributed by atoms with Crippen molar-refractivity contribution >= 4 is 74.6 Å². The monoisotopic (exact) mass is 877 g/mol. The van der Waals surface area contributed by atoms with E-state index in [9.17, 15) is 0 Å². The Hall–Kier alpha value is -7.08. The van der Waals surface area contributed by atoms with E-state index < -0.39 is 0 Å². The molecule has 336 valence electrons. The fourth-order valence-corrected chi connectivity index (χ4v) is 7.13. The van der Waals surface area contributed by atoms with E-state index in [4.69, 9.17) is 59.9 Å². The van der Waals surface area contributed by atoms with Crippen LogP contribution in [0.5, 0.6) is 0 Å². The predicted molar refractivity (Wildman–Crippen MR) is 283 cm³/mol. The molecule has 4 aliphatic heterocycles. The summed E-state index contributed by atoms with van der Waals surface area (Å²) < 4.78 is 0. The second kappa shape index (κ2) is 23.7. The third-order valence-corrected chi connectivity index (χ3v) is 10.5. The van der Waals surface area contributed by atoms with Crippen molar-refractivity contribution in [3.63, 3.8) is 0 Å². The minimum atomic E-state index is -0.0610. The number of benzene rings is 4. The Morgan fingerprint density at radius 2 is 0.333 bits per heavy atom. The van der Waals surface area contributed by atoms with Gasteiger partial charge in [-0.05, 0) is 181 Å². The summed E-state index contributed by atoms with van der Waals surface area (Å²) in [7, 11) is 0. The summed E-state index contributed by atoms with van der Waals surface area (Å²) in [5, 5.41) is 0. The van der Waals surface area contributed by atoms with Gasteiger partial charge in [0.1, 0.15) is 0 Å². The molecule has 4 heterocycles. The van der Waals surface area contributed by atoms with Gasteiger partial charge < -0.3 is 0 Å². The molecule has 0 aliphatic carbocycles. The second-order valence-corrected chi connectivity index (χ2v) is 17.5. The normalized spacial score (nSPS) is 22.8. The van der Waals surface area contributed by atoms with Crippen molar-refractivity contribution in [3.8, 4) is 0 Å². The number of fused-ring (bicyclic) bond motifs is 18. The van der Waals surface area contributed by atoms with Crippen molar-refractivity contribution in [1.82, 2.24) is 0 Å². The van der Waals surface area contributed by atoms with Crippen LogP contribution in [0.1, 0.15) is 108 Å². The van der Waals surface area contributed by atoms with Gasteiger partial charge >= 0.3 is 0 Å². The maximum atomic E-state index is 4.91. The molecular weight excluding hydrogens is 817 g/mol. The zero-order valence-corrected chi connectivity index (χ0v) is 38.9. The Morgan fingerprint density at radius 1 is 0.212 bits per heavy atom. The Morgan fingerprint density at radius 3 is 0.470 bits per heavy atom. The smallest absolute Gasteiger partial charge is 0.0666 e. The van der Waals surface area contributed by atoms with E-state index >= 15 is 0 Å². The van der Waals surface area contributed by atoms with E-state index in [2.05, 4.69) is 114 Å². The first kappa shape index (κ1) is 46.9. The molecule has 12 nitrogen and oxygen atoms in total. The molecule has 0 radical (unpaired) electrons. The van der Waals surface area contributed by atoms with Gasteiger partial charge in [-0.3, -0.25) is 59.9 Å². The molecule has 0 fully saturated rings. The van der Waals surface area contributed by atoms with Crippen molar-refractivity contribution in [2.45, 2.75) is 77.8 Å². The van der Waals surface area contributed by atoms with Crippen LogP contribution in [-0.4, -0.2) is 150 Å². The third-order valence-electron chi connectivity index (χ3n) is 10.5. The number of aliphatic imine (C=N–C) groups is 12. The van der Waals surface area contributed by atoms with Crippen LogP contribution in [0.2, 0.25) is 0 Å². The maximum absolute atomic E-state index is 4.91. The van der Waals surface area contributed by atoms with E-state index in [1.54, 1.807) is 0 Å². The van der Waals surface area contributed by atoms with E-state index in [-0.39, 0.29) is 36.3 Å². The zero-order valence-electron chi connectivity index (χ0n) is 38.9. The molecule has 0 amide bonds. The molecule has 0 aromatic heterocycles. The van der Waals surface area contributed by atoms with Crippen molar-refractivity contribution in [1.29, 1.82) is 0 Å². The van der Waals surface area contributed by atoms with Crippen molar-refractivity contribution < 1.29 is 0 Å². The summed E-state index contributed by atoms with van der Waals surface area (Å²) in [6.45, 7) is 15.5. The fourth-order valence-electron chi connectivity index (χ4n) is 7.13. The molecule has 0 spiro atoms. The van der Waals surface area contributed by atoms with Crippen LogP contribution in [0.4, 0.5) is 0 Å². The summed E-state index contributed by atoms with van der Waals surface area (Å²) in [4.78, 5) is 58.4. The second-order valence-electron chi connectivity index (χ2n) is 17.5. The lowest BCUT2D eigenvalue weighted by Gasteiger charge is -2.06. The van der Waals surface area contributed by atoms with Crippen LogP contribution in [0.15, 0.2) is 133 Å². The van der Waals surface area contributed by atoms with Gasteiger partial charge in [0.05, 0.1) is 75.5 Å². The molecule has 0 saturated heterocycles. The highest BCUT2D eigenvalue weighted by Gasteiger charge is 2.07. The average Bonchev–Trinajstić information content (AvgIpc) is 3.29. The Labute approximate surface area is 389 Å². The van der Waals surface area contributed by atoms with Crippen LogP contribution >= 0.6 is 0 Å². The summed E-state index contributed by atoms with van der Waals surface area (Å²) in [6.07, 6.45) is 22.9. The predicted octanol–water partition coefficient (Wildman–Crippen LogP) is 8.19. The Kier molecular flexibility index (Phi) is 16.9. The summed E-state index contributed by atoms with van der Waals surface area (Å²) in [5.74, 6) is 0. The molecular formula is C54H60N12. The first-order valence-corrected chi connectivity index (χ1v) is 22.9. The lowest BCUT2D eigenvalue weighted by atomic mass is 10.1. The number of hydrogen-bond acceptors (Lipinski definition) is 12. The largest absolute Gasteiger partial charge is 0.290 e. The minimum Gasteiger partial charge on any atom is -0.290 e. The van der Waals surface area contributed by atoms with Gasteiger partial charge in [0.15, 0.2) is 0 Å². The van der Waals surface area contributed by atoms with Gasteiger partial charge in [0.2, 0.25) is 0 Å². The molecule has 12 bridgehead atoms. The first-order valence-electron chi connectivity index (χ1n) is 22.9. The van der Waals surface area contributed by atoms with Gasteiger partial charge in [-0.1, -0.05) is 0 Å². The van der Waals surface area contributed by atoms with Crippen LogP contribution in [0.3, 0.4) is 0 Å². The molecule has 4 aliphatic rings. The van der Waals surface area contributed by atoms with E-state index in [1.165, 1.54) is 0 Å². The first-order chi connectivity index (χ1) is 32.1.